The summed E-state index contributed by atoms with van der Waals surface area (Å²) in [6.07, 6.45) is 3.94. The summed E-state index contributed by atoms with van der Waals surface area (Å²) < 4.78 is 5.14. The van der Waals surface area contributed by atoms with Gasteiger partial charge < -0.3 is 9.84 Å². The molecule has 0 saturated carbocycles. The van der Waals surface area contributed by atoms with Crippen molar-refractivity contribution in [2.75, 3.05) is 13.1 Å². The quantitative estimate of drug-likeness (QED) is 0.877. The van der Waals surface area contributed by atoms with E-state index in [1.165, 1.54) is 18.4 Å². The molecule has 5 nitrogen and oxygen atoms in total. The Morgan fingerprint density at radius 2 is 2.08 bits per heavy atom. The SMILES string of the molecule is Cc1noc(C)c1CC(=O)NCC1CCCCN1Cc1ccccc1. The lowest BCUT2D eigenvalue weighted by Gasteiger charge is -2.36. The third kappa shape index (κ3) is 4.69. The molecule has 0 spiro atoms. The number of hydrogen-bond donors (Lipinski definition) is 1. The third-order valence-electron chi connectivity index (χ3n) is 5.03. The van der Waals surface area contributed by atoms with Gasteiger partial charge in [-0.1, -0.05) is 41.9 Å². The largest absolute Gasteiger partial charge is 0.361 e. The van der Waals surface area contributed by atoms with Gasteiger partial charge in [0.2, 0.25) is 5.91 Å². The number of aryl methyl sites for hydroxylation is 2. The Morgan fingerprint density at radius 1 is 1.28 bits per heavy atom. The summed E-state index contributed by atoms with van der Waals surface area (Å²) in [4.78, 5) is 14.8. The minimum absolute atomic E-state index is 0.0413. The van der Waals surface area contributed by atoms with Crippen LogP contribution in [0.3, 0.4) is 0 Å². The number of hydrogen-bond acceptors (Lipinski definition) is 4. The number of carbonyl (C=O) groups excluding carboxylic acids is 1. The molecule has 134 valence electrons. The standard InChI is InChI=1S/C20H27N3O2/c1-15-19(16(2)25-22-15)12-20(24)21-13-18-10-6-7-11-23(18)14-17-8-4-3-5-9-17/h3-5,8-9,18H,6-7,10-14H2,1-2H3,(H,21,24). The maximum absolute atomic E-state index is 12.3. The van der Waals surface area contributed by atoms with Gasteiger partial charge in [-0.3, -0.25) is 9.69 Å². The zero-order chi connectivity index (χ0) is 17.6. The topological polar surface area (TPSA) is 58.4 Å². The van der Waals surface area contributed by atoms with Gasteiger partial charge in [0.25, 0.3) is 0 Å². The molecule has 1 aromatic carbocycles. The summed E-state index contributed by atoms with van der Waals surface area (Å²) in [7, 11) is 0. The number of nitrogens with one attached hydrogen (secondary N) is 1. The van der Waals surface area contributed by atoms with Gasteiger partial charge >= 0.3 is 0 Å². The summed E-state index contributed by atoms with van der Waals surface area (Å²) in [5.74, 6) is 0.774. The predicted octanol–water partition coefficient (Wildman–Crippen LogP) is 3.00. The van der Waals surface area contributed by atoms with Crippen LogP contribution in [0.1, 0.15) is 41.8 Å². The zero-order valence-electron chi connectivity index (χ0n) is 15.1. The van der Waals surface area contributed by atoms with Crippen molar-refractivity contribution < 1.29 is 9.32 Å². The Hall–Kier alpha value is -2.14. The van der Waals surface area contributed by atoms with Gasteiger partial charge in [0.1, 0.15) is 5.76 Å². The Morgan fingerprint density at radius 3 is 2.80 bits per heavy atom. The molecular formula is C20H27N3O2. The monoisotopic (exact) mass is 341 g/mol. The molecule has 2 aromatic rings. The van der Waals surface area contributed by atoms with E-state index in [1.54, 1.807) is 0 Å². The third-order valence-corrected chi connectivity index (χ3v) is 5.03. The van der Waals surface area contributed by atoms with Crippen molar-refractivity contribution in [2.24, 2.45) is 0 Å². The average Bonchev–Trinajstić information content (AvgIpc) is 2.94. The second kappa shape index (κ2) is 8.30. The first kappa shape index (κ1) is 17.7. The molecule has 25 heavy (non-hydrogen) atoms. The van der Waals surface area contributed by atoms with Crippen LogP contribution in [0.2, 0.25) is 0 Å². The Balaban J connectivity index is 1.54. The lowest BCUT2D eigenvalue weighted by atomic mass is 10.0. The van der Waals surface area contributed by atoms with E-state index >= 15 is 0 Å². The van der Waals surface area contributed by atoms with Crippen LogP contribution in [0.5, 0.6) is 0 Å². The molecule has 1 unspecified atom stereocenters. The second-order valence-electron chi connectivity index (χ2n) is 6.89. The Kier molecular flexibility index (Phi) is 5.87. The van der Waals surface area contributed by atoms with Crippen molar-refractivity contribution >= 4 is 5.91 Å². The molecule has 1 fully saturated rings. The van der Waals surface area contributed by atoms with E-state index in [1.807, 2.05) is 19.9 Å². The molecule has 1 aromatic heterocycles. The van der Waals surface area contributed by atoms with E-state index in [9.17, 15) is 4.79 Å². The van der Waals surface area contributed by atoms with Crippen molar-refractivity contribution in [1.29, 1.82) is 0 Å². The minimum Gasteiger partial charge on any atom is -0.361 e. The van der Waals surface area contributed by atoms with Gasteiger partial charge in [-0.05, 0) is 38.8 Å². The lowest BCUT2D eigenvalue weighted by Crippen LogP contribution is -2.46. The smallest absolute Gasteiger partial charge is 0.224 e. The Bertz CT molecular complexity index is 677. The highest BCUT2D eigenvalue weighted by Crippen LogP contribution is 2.19. The van der Waals surface area contributed by atoms with Crippen molar-refractivity contribution in [2.45, 2.75) is 52.1 Å². The van der Waals surface area contributed by atoms with Crippen LogP contribution in [0.25, 0.3) is 0 Å². The normalized spacial score (nSPS) is 18.2. The van der Waals surface area contributed by atoms with Crippen LogP contribution in [-0.4, -0.2) is 35.1 Å². The molecule has 1 atom stereocenters. The number of likely N-dealkylation sites (tertiary alicyclic amines) is 1. The van der Waals surface area contributed by atoms with Crippen molar-refractivity contribution in [1.82, 2.24) is 15.4 Å². The molecule has 1 amide bonds. The van der Waals surface area contributed by atoms with E-state index in [0.717, 1.165) is 36.5 Å². The molecule has 0 aliphatic carbocycles. The molecule has 1 aliphatic heterocycles. The van der Waals surface area contributed by atoms with Crippen molar-refractivity contribution in [3.63, 3.8) is 0 Å². The van der Waals surface area contributed by atoms with Crippen molar-refractivity contribution in [3.05, 3.63) is 52.9 Å². The molecule has 1 aliphatic rings. The highest BCUT2D eigenvalue weighted by atomic mass is 16.5. The first-order valence-electron chi connectivity index (χ1n) is 9.10. The fraction of sp³-hybridized carbons (Fsp3) is 0.500. The van der Waals surface area contributed by atoms with Crippen LogP contribution < -0.4 is 5.32 Å². The van der Waals surface area contributed by atoms with Gasteiger partial charge in [0, 0.05) is 24.7 Å². The molecule has 0 bridgehead atoms. The van der Waals surface area contributed by atoms with E-state index in [2.05, 4.69) is 39.6 Å². The van der Waals surface area contributed by atoms with Crippen molar-refractivity contribution in [3.8, 4) is 0 Å². The van der Waals surface area contributed by atoms with Gasteiger partial charge in [-0.15, -0.1) is 0 Å². The predicted molar refractivity (Wildman–Crippen MR) is 97.2 cm³/mol. The maximum Gasteiger partial charge on any atom is 0.224 e. The van der Waals surface area contributed by atoms with E-state index in [0.29, 0.717) is 19.0 Å². The van der Waals surface area contributed by atoms with E-state index in [-0.39, 0.29) is 5.91 Å². The number of rotatable bonds is 6. The number of amides is 1. The fourth-order valence-corrected chi connectivity index (χ4v) is 3.53. The van der Waals surface area contributed by atoms with E-state index < -0.39 is 0 Å². The van der Waals surface area contributed by atoms with Crippen LogP contribution in [0.4, 0.5) is 0 Å². The van der Waals surface area contributed by atoms with Crippen LogP contribution >= 0.6 is 0 Å². The van der Waals surface area contributed by atoms with Gasteiger partial charge in [0.05, 0.1) is 12.1 Å². The van der Waals surface area contributed by atoms with Crippen LogP contribution in [0, 0.1) is 13.8 Å². The Labute approximate surface area is 149 Å². The molecular weight excluding hydrogens is 314 g/mol. The number of aromatic nitrogens is 1. The summed E-state index contributed by atoms with van der Waals surface area (Å²) in [6.45, 7) is 6.48. The molecule has 5 heteroatoms. The average molecular weight is 341 g/mol. The molecule has 2 heterocycles. The first-order chi connectivity index (χ1) is 12.1. The van der Waals surface area contributed by atoms with Gasteiger partial charge in [-0.25, -0.2) is 0 Å². The maximum atomic E-state index is 12.3. The summed E-state index contributed by atoms with van der Waals surface area (Å²) in [5.41, 5.74) is 3.04. The highest BCUT2D eigenvalue weighted by molar-refractivity contribution is 5.79. The number of nitrogens with zero attached hydrogens (tertiary/aromatic N) is 2. The second-order valence-corrected chi connectivity index (χ2v) is 6.89. The fourth-order valence-electron chi connectivity index (χ4n) is 3.53. The number of carbonyl (C=O) groups is 1. The highest BCUT2D eigenvalue weighted by Gasteiger charge is 2.23. The van der Waals surface area contributed by atoms with Crippen LogP contribution in [0.15, 0.2) is 34.9 Å². The summed E-state index contributed by atoms with van der Waals surface area (Å²) in [6, 6.07) is 11.0. The lowest BCUT2D eigenvalue weighted by molar-refractivity contribution is -0.120. The van der Waals surface area contributed by atoms with E-state index in [4.69, 9.17) is 4.52 Å². The molecule has 0 radical (unpaired) electrons. The van der Waals surface area contributed by atoms with Crippen LogP contribution in [-0.2, 0) is 17.8 Å². The zero-order valence-corrected chi connectivity index (χ0v) is 15.1. The van der Waals surface area contributed by atoms with Gasteiger partial charge in [0.15, 0.2) is 0 Å². The molecule has 3 rings (SSSR count). The molecule has 1 saturated heterocycles. The summed E-state index contributed by atoms with van der Waals surface area (Å²) >= 11 is 0. The minimum atomic E-state index is 0.0413. The summed E-state index contributed by atoms with van der Waals surface area (Å²) in [5, 5.41) is 7.03. The first-order valence-corrected chi connectivity index (χ1v) is 9.10. The molecule has 1 N–H and O–H groups in total. The number of piperidine rings is 1. The van der Waals surface area contributed by atoms with Gasteiger partial charge in [-0.2, -0.15) is 0 Å². The number of benzene rings is 1.